The summed E-state index contributed by atoms with van der Waals surface area (Å²) in [7, 11) is 4.34. The van der Waals surface area contributed by atoms with Gasteiger partial charge in [-0.2, -0.15) is 0 Å². The van der Waals surface area contributed by atoms with E-state index in [9.17, 15) is 0 Å². The monoisotopic (exact) mass is 1080 g/mol. The van der Waals surface area contributed by atoms with Crippen LogP contribution in [-0.4, -0.2) is 7.64 Å². The molecule has 8 aromatic carbocycles. The molecule has 0 aliphatic heterocycles. The van der Waals surface area contributed by atoms with E-state index < -0.39 is 0 Å². The van der Waals surface area contributed by atoms with Crippen molar-refractivity contribution < 1.29 is 0 Å². The van der Waals surface area contributed by atoms with Crippen LogP contribution in [0.15, 0.2) is 220 Å². The Morgan fingerprint density at radius 3 is 0.873 bits per heavy atom. The van der Waals surface area contributed by atoms with E-state index in [1.807, 2.05) is 0 Å². The van der Waals surface area contributed by atoms with E-state index in [2.05, 4.69) is 287 Å². The summed E-state index contributed by atoms with van der Waals surface area (Å²) in [6, 6.07) is 74.1. The molecule has 8 aromatic rings. The Kier molecular flexibility index (Phi) is 24.0. The summed E-state index contributed by atoms with van der Waals surface area (Å²) < 4.78 is 4.85. The number of unbranched alkanes of at least 4 members (excludes halogenated alkanes) is 10. The predicted octanol–water partition coefficient (Wildman–Crippen LogP) is 21.2. The van der Waals surface area contributed by atoms with E-state index in [1.54, 1.807) is 0 Å². The molecule has 3 nitrogen and oxygen atoms in total. The maximum absolute atomic E-state index is 4.34. The molecule has 0 fully saturated rings. The molecule has 1 radical (unpaired) electrons. The van der Waals surface area contributed by atoms with Crippen molar-refractivity contribution in [3.63, 3.8) is 0 Å². The third kappa shape index (κ3) is 18.0. The number of benzene rings is 8. The van der Waals surface area contributed by atoms with Crippen LogP contribution in [0.4, 0.5) is 34.1 Å². The number of hydrogen-bond donors (Lipinski definition) is 1. The van der Waals surface area contributed by atoms with Gasteiger partial charge in [0.1, 0.15) is 0 Å². The number of thiol groups is 1. The van der Waals surface area contributed by atoms with Crippen LogP contribution in [0.25, 0.3) is 22.3 Å². The molecular weight excluding hydrogens is 1010 g/mol. The van der Waals surface area contributed by atoms with Crippen LogP contribution in [0.5, 0.6) is 0 Å². The van der Waals surface area contributed by atoms with Gasteiger partial charge in [-0.1, -0.05) is 219 Å². The van der Waals surface area contributed by atoms with Crippen molar-refractivity contribution in [1.82, 2.24) is 0 Å². The fourth-order valence-electron chi connectivity index (χ4n) is 8.78. The number of nitrogens with zero attached hydrogens (tertiary/aromatic N) is 3. The summed E-state index contributed by atoms with van der Waals surface area (Å²) in [5, 5.41) is 0. The van der Waals surface area contributed by atoms with E-state index in [1.165, 1.54) is 123 Å². The standard InChI is InChI=1S/C32H33Br2N.C32H35N.BHNS/c1-2-3-4-5-6-7-8-25-9-11-26(12-10-25)27-13-19-30(20-14-27)35(31-21-15-28(33)16-22-31)32-23-17-29(34)18-24-32;1-2-3-4-5-6-9-14-27-19-21-28(22-20-27)29-23-25-32(26-24-29)33(30-15-10-7-11-16-30)31-17-12-8-13-18-31;1-2-3/h9-24H,2-8H2,1H3;7-8,10-13,15-26H,2-6,9,14H2,1H3;3H. The molecule has 0 aliphatic rings. The molecule has 0 aromatic heterocycles. The Morgan fingerprint density at radius 1 is 0.338 bits per heavy atom. The molecule has 0 amide bonds. The normalized spacial score (nSPS) is 10.6. The quantitative estimate of drug-likeness (QED) is 0.0414. The summed E-state index contributed by atoms with van der Waals surface area (Å²) in [4.78, 5) is 4.58. The van der Waals surface area contributed by atoms with Gasteiger partial charge in [0, 0.05) is 43.1 Å². The first kappa shape index (κ1) is 54.9. The SMILES string of the molecule is CCCCCCCCc1ccc(-c2ccc(N(c3ccc(Br)cc3)c3ccc(Br)cc3)cc2)cc1.CCCCCCCCc1ccc(-c2ccc(N(c3ccccc3)c3ccccc3)cc2)cc1.[B]=NS. The maximum atomic E-state index is 4.34. The Morgan fingerprint density at radius 2 is 0.577 bits per heavy atom. The van der Waals surface area contributed by atoms with E-state index in [4.69, 9.17) is 0 Å². The second kappa shape index (κ2) is 31.1. The van der Waals surface area contributed by atoms with Crippen molar-refractivity contribution in [3.05, 3.63) is 226 Å². The van der Waals surface area contributed by atoms with Crippen LogP contribution >= 0.6 is 44.7 Å². The summed E-state index contributed by atoms with van der Waals surface area (Å²) in [5.74, 6) is 0. The number of aryl methyl sites for hydroxylation is 2. The molecule has 0 spiro atoms. The number of anilines is 6. The average Bonchev–Trinajstić information content (AvgIpc) is 3.41. The molecule has 71 heavy (non-hydrogen) atoms. The van der Waals surface area contributed by atoms with Gasteiger partial charge in [0.25, 0.3) is 0 Å². The van der Waals surface area contributed by atoms with Gasteiger partial charge < -0.3 is 9.80 Å². The number of halogens is 2. The van der Waals surface area contributed by atoms with Gasteiger partial charge in [-0.25, -0.2) is 0 Å². The molecule has 0 aliphatic carbocycles. The molecular formula is C64H69BBr2N3S. The van der Waals surface area contributed by atoms with Crippen LogP contribution in [0.1, 0.15) is 102 Å². The first-order valence-corrected chi connectivity index (χ1v) is 27.5. The van der Waals surface area contributed by atoms with Gasteiger partial charge in [0.05, 0.1) is 0 Å². The molecule has 7 heteroatoms. The summed E-state index contributed by atoms with van der Waals surface area (Å²) in [6.07, 6.45) is 18.6. The summed E-state index contributed by atoms with van der Waals surface area (Å²) >= 11 is 10.3. The summed E-state index contributed by atoms with van der Waals surface area (Å²) in [6.45, 7) is 4.55. The van der Waals surface area contributed by atoms with E-state index >= 15 is 0 Å². The van der Waals surface area contributed by atoms with E-state index in [0.29, 0.717) is 0 Å². The van der Waals surface area contributed by atoms with E-state index in [0.717, 1.165) is 43.1 Å². The van der Waals surface area contributed by atoms with Crippen LogP contribution in [0.3, 0.4) is 0 Å². The van der Waals surface area contributed by atoms with Crippen LogP contribution in [0.2, 0.25) is 0 Å². The average molecular weight is 1080 g/mol. The number of hydrogen-bond acceptors (Lipinski definition) is 4. The predicted molar refractivity (Wildman–Crippen MR) is 320 cm³/mol. The van der Waals surface area contributed by atoms with Crippen molar-refractivity contribution in [2.75, 3.05) is 9.80 Å². The van der Waals surface area contributed by atoms with Crippen LogP contribution < -0.4 is 9.80 Å². The number of para-hydroxylation sites is 2. The van der Waals surface area contributed by atoms with Gasteiger partial charge in [0.15, 0.2) is 0 Å². The zero-order valence-electron chi connectivity index (χ0n) is 41.7. The molecule has 8 rings (SSSR count). The zero-order valence-corrected chi connectivity index (χ0v) is 45.7. The molecule has 0 heterocycles. The van der Waals surface area contributed by atoms with Crippen molar-refractivity contribution >= 4 is 86.4 Å². The van der Waals surface area contributed by atoms with Crippen molar-refractivity contribution in [3.8, 4) is 22.3 Å². The minimum atomic E-state index is 1.08. The Balaban J connectivity index is 0.000000221. The fraction of sp³-hybridized carbons (Fsp3) is 0.250. The van der Waals surface area contributed by atoms with Gasteiger partial charge in [-0.05, 0) is 156 Å². The molecule has 0 saturated carbocycles. The summed E-state index contributed by atoms with van der Waals surface area (Å²) in [5.41, 5.74) is 14.8. The topological polar surface area (TPSA) is 18.8 Å². The first-order valence-electron chi connectivity index (χ1n) is 25.5. The second-order valence-electron chi connectivity index (χ2n) is 17.9. The second-order valence-corrected chi connectivity index (χ2v) is 20.0. The van der Waals surface area contributed by atoms with Crippen molar-refractivity contribution in [2.45, 2.75) is 104 Å². The number of rotatable bonds is 22. The Hall–Kier alpha value is -5.47. The van der Waals surface area contributed by atoms with Gasteiger partial charge in [0.2, 0.25) is 0 Å². The van der Waals surface area contributed by atoms with Crippen molar-refractivity contribution in [2.24, 2.45) is 4.30 Å². The minimum absolute atomic E-state index is 1.08. The van der Waals surface area contributed by atoms with E-state index in [-0.39, 0.29) is 0 Å². The Labute approximate surface area is 449 Å². The third-order valence-corrected chi connectivity index (χ3v) is 13.7. The molecule has 0 bridgehead atoms. The molecule has 0 atom stereocenters. The molecule has 0 N–H and O–H groups in total. The van der Waals surface area contributed by atoms with Gasteiger partial charge in [-0.15, -0.1) is 0 Å². The zero-order chi connectivity index (χ0) is 49.9. The fourth-order valence-corrected chi connectivity index (χ4v) is 9.31. The Bertz CT molecular complexity index is 2600. The van der Waals surface area contributed by atoms with Crippen LogP contribution in [0, 0.1) is 0 Å². The molecule has 0 saturated heterocycles. The van der Waals surface area contributed by atoms with Crippen molar-refractivity contribution in [1.29, 1.82) is 0 Å². The van der Waals surface area contributed by atoms with Gasteiger partial charge in [-0.3, -0.25) is 0 Å². The third-order valence-electron chi connectivity index (χ3n) is 12.7. The van der Waals surface area contributed by atoms with Gasteiger partial charge >= 0.3 is 24.8 Å². The first-order chi connectivity index (χ1) is 34.9. The van der Waals surface area contributed by atoms with Crippen LogP contribution in [-0.2, 0) is 12.8 Å². The molecule has 363 valence electrons. The molecule has 0 unspecified atom stereocenters.